The molecule has 1 aromatic heterocycles. The fraction of sp³-hybridized carbons (Fsp3) is 0.231. The van der Waals surface area contributed by atoms with Gasteiger partial charge in [0.15, 0.2) is 0 Å². The van der Waals surface area contributed by atoms with Gasteiger partial charge in [-0.15, -0.1) is 11.3 Å². The average Bonchev–Trinajstić information content (AvgIpc) is 2.70. The molecule has 0 radical (unpaired) electrons. The molecule has 17 heavy (non-hydrogen) atoms. The second-order valence-electron chi connectivity index (χ2n) is 3.93. The van der Waals surface area contributed by atoms with Gasteiger partial charge in [0.25, 0.3) is 0 Å². The zero-order valence-electron chi connectivity index (χ0n) is 9.63. The Morgan fingerprint density at radius 3 is 2.71 bits per heavy atom. The van der Waals surface area contributed by atoms with E-state index in [2.05, 4.69) is 39.6 Å². The van der Waals surface area contributed by atoms with Crippen LogP contribution in [-0.4, -0.2) is 0 Å². The number of benzene rings is 1. The number of thiophene rings is 1. The summed E-state index contributed by atoms with van der Waals surface area (Å²) in [5.74, 6) is -0.236. The minimum absolute atomic E-state index is 0.100. The van der Waals surface area contributed by atoms with Gasteiger partial charge in [-0.2, -0.15) is 0 Å². The first-order chi connectivity index (χ1) is 8.09. The standard InChI is InChI=1S/C13H13BrFNS/c1-8-6-7-17-13(8)9(2)16-12-10(14)4-3-5-11(12)15/h3-7,9,16H,1-2H3. The van der Waals surface area contributed by atoms with E-state index in [9.17, 15) is 4.39 Å². The van der Waals surface area contributed by atoms with Crippen LogP contribution in [0.5, 0.6) is 0 Å². The topological polar surface area (TPSA) is 12.0 Å². The lowest BCUT2D eigenvalue weighted by atomic mass is 10.2. The van der Waals surface area contributed by atoms with Gasteiger partial charge in [-0.25, -0.2) is 4.39 Å². The lowest BCUT2D eigenvalue weighted by molar-refractivity contribution is 0.627. The summed E-state index contributed by atoms with van der Waals surface area (Å²) < 4.78 is 14.4. The lowest BCUT2D eigenvalue weighted by Crippen LogP contribution is -2.08. The molecule has 1 heterocycles. The number of hydrogen-bond acceptors (Lipinski definition) is 2. The van der Waals surface area contributed by atoms with Crippen molar-refractivity contribution in [2.24, 2.45) is 0 Å². The average molecular weight is 314 g/mol. The first-order valence-corrected chi connectivity index (χ1v) is 7.01. The Bertz CT molecular complexity index is 504. The normalized spacial score (nSPS) is 12.5. The smallest absolute Gasteiger partial charge is 0.147 e. The molecule has 0 bridgehead atoms. The number of anilines is 1. The molecule has 2 aromatic rings. The number of nitrogens with one attached hydrogen (secondary N) is 1. The molecule has 1 N–H and O–H groups in total. The summed E-state index contributed by atoms with van der Waals surface area (Å²) in [6.07, 6.45) is 0. The van der Waals surface area contributed by atoms with E-state index >= 15 is 0 Å². The molecule has 0 aliphatic heterocycles. The predicted molar refractivity (Wildman–Crippen MR) is 75.2 cm³/mol. The highest BCUT2D eigenvalue weighted by atomic mass is 79.9. The maximum absolute atomic E-state index is 13.7. The van der Waals surface area contributed by atoms with Gasteiger partial charge < -0.3 is 5.32 Å². The largest absolute Gasteiger partial charge is 0.374 e. The zero-order chi connectivity index (χ0) is 12.4. The van der Waals surface area contributed by atoms with Crippen molar-refractivity contribution in [1.29, 1.82) is 0 Å². The Labute approximate surface area is 113 Å². The summed E-state index contributed by atoms with van der Waals surface area (Å²) in [5.41, 5.74) is 1.76. The molecule has 0 spiro atoms. The van der Waals surface area contributed by atoms with Crippen LogP contribution in [0.3, 0.4) is 0 Å². The number of aryl methyl sites for hydroxylation is 1. The van der Waals surface area contributed by atoms with Gasteiger partial charge >= 0.3 is 0 Å². The van der Waals surface area contributed by atoms with Crippen LogP contribution in [-0.2, 0) is 0 Å². The van der Waals surface area contributed by atoms with Gasteiger partial charge in [-0.3, -0.25) is 0 Å². The molecule has 1 aromatic carbocycles. The third kappa shape index (κ3) is 2.69. The molecule has 1 unspecified atom stereocenters. The van der Waals surface area contributed by atoms with E-state index in [1.54, 1.807) is 17.4 Å². The maximum atomic E-state index is 13.7. The molecule has 90 valence electrons. The van der Waals surface area contributed by atoms with Crippen molar-refractivity contribution in [2.45, 2.75) is 19.9 Å². The van der Waals surface area contributed by atoms with Crippen molar-refractivity contribution >= 4 is 33.0 Å². The summed E-state index contributed by atoms with van der Waals surface area (Å²) in [7, 11) is 0. The van der Waals surface area contributed by atoms with E-state index < -0.39 is 0 Å². The zero-order valence-corrected chi connectivity index (χ0v) is 12.0. The summed E-state index contributed by atoms with van der Waals surface area (Å²) >= 11 is 5.05. The Kier molecular flexibility index (Phi) is 3.84. The molecule has 2 rings (SSSR count). The minimum Gasteiger partial charge on any atom is -0.374 e. The number of hydrogen-bond donors (Lipinski definition) is 1. The van der Waals surface area contributed by atoms with E-state index in [4.69, 9.17) is 0 Å². The molecule has 4 heteroatoms. The Balaban J connectivity index is 2.25. The Morgan fingerprint density at radius 2 is 2.12 bits per heavy atom. The van der Waals surface area contributed by atoms with E-state index in [0.29, 0.717) is 5.69 Å². The summed E-state index contributed by atoms with van der Waals surface area (Å²) in [5, 5.41) is 5.27. The number of para-hydroxylation sites is 1. The quantitative estimate of drug-likeness (QED) is 0.828. The first kappa shape index (κ1) is 12.6. The number of rotatable bonds is 3. The van der Waals surface area contributed by atoms with Gasteiger partial charge in [0.05, 0.1) is 11.7 Å². The lowest BCUT2D eigenvalue weighted by Gasteiger charge is -2.16. The molecule has 1 nitrogen and oxygen atoms in total. The van der Waals surface area contributed by atoms with Gasteiger partial charge in [-0.1, -0.05) is 6.07 Å². The summed E-state index contributed by atoms with van der Waals surface area (Å²) in [6, 6.07) is 7.16. The molecule has 0 saturated heterocycles. The van der Waals surface area contributed by atoms with Crippen molar-refractivity contribution in [3.8, 4) is 0 Å². The Morgan fingerprint density at radius 1 is 1.35 bits per heavy atom. The van der Waals surface area contributed by atoms with Gasteiger partial charge in [0.2, 0.25) is 0 Å². The van der Waals surface area contributed by atoms with Crippen molar-refractivity contribution < 1.29 is 4.39 Å². The van der Waals surface area contributed by atoms with Crippen molar-refractivity contribution in [3.63, 3.8) is 0 Å². The van der Waals surface area contributed by atoms with Crippen LogP contribution >= 0.6 is 27.3 Å². The van der Waals surface area contributed by atoms with Crippen molar-refractivity contribution in [1.82, 2.24) is 0 Å². The molecular formula is C13H13BrFNS. The highest BCUT2D eigenvalue weighted by Gasteiger charge is 2.13. The second kappa shape index (κ2) is 5.19. The monoisotopic (exact) mass is 313 g/mol. The molecule has 0 aliphatic carbocycles. The van der Waals surface area contributed by atoms with E-state index in [1.165, 1.54) is 16.5 Å². The molecular weight excluding hydrogens is 301 g/mol. The van der Waals surface area contributed by atoms with Gasteiger partial charge in [-0.05, 0) is 58.9 Å². The molecule has 0 saturated carbocycles. The van der Waals surface area contributed by atoms with Crippen LogP contribution in [0, 0.1) is 12.7 Å². The van der Waals surface area contributed by atoms with E-state index in [1.807, 2.05) is 13.0 Å². The van der Waals surface area contributed by atoms with Crippen LogP contribution in [0.15, 0.2) is 34.1 Å². The fourth-order valence-corrected chi connectivity index (χ4v) is 3.14. The summed E-state index contributed by atoms with van der Waals surface area (Å²) in [6.45, 7) is 4.11. The van der Waals surface area contributed by atoms with Crippen molar-refractivity contribution in [2.75, 3.05) is 5.32 Å². The third-order valence-corrected chi connectivity index (χ3v) is 4.48. The SMILES string of the molecule is Cc1ccsc1C(C)Nc1c(F)cccc1Br. The summed E-state index contributed by atoms with van der Waals surface area (Å²) in [4.78, 5) is 1.24. The van der Waals surface area contributed by atoms with Crippen LogP contribution in [0.2, 0.25) is 0 Å². The van der Waals surface area contributed by atoms with Crippen molar-refractivity contribution in [3.05, 3.63) is 50.4 Å². The van der Waals surface area contributed by atoms with Crippen LogP contribution in [0.4, 0.5) is 10.1 Å². The molecule has 0 amide bonds. The van der Waals surface area contributed by atoms with Crippen LogP contribution in [0.1, 0.15) is 23.4 Å². The molecule has 0 fully saturated rings. The van der Waals surface area contributed by atoms with Gasteiger partial charge in [0.1, 0.15) is 5.82 Å². The first-order valence-electron chi connectivity index (χ1n) is 5.34. The Hall–Kier alpha value is -0.870. The third-order valence-electron chi connectivity index (χ3n) is 2.62. The molecule has 1 atom stereocenters. The van der Waals surface area contributed by atoms with Gasteiger partial charge in [0, 0.05) is 9.35 Å². The minimum atomic E-state index is -0.236. The second-order valence-corrected chi connectivity index (χ2v) is 5.73. The van der Waals surface area contributed by atoms with Crippen LogP contribution in [0.25, 0.3) is 0 Å². The highest BCUT2D eigenvalue weighted by Crippen LogP contribution is 2.31. The number of halogens is 2. The molecule has 0 aliphatic rings. The van der Waals surface area contributed by atoms with E-state index in [-0.39, 0.29) is 11.9 Å². The highest BCUT2D eigenvalue weighted by molar-refractivity contribution is 9.10. The van der Waals surface area contributed by atoms with Crippen LogP contribution < -0.4 is 5.32 Å². The van der Waals surface area contributed by atoms with E-state index in [0.717, 1.165) is 4.47 Å². The fourth-order valence-electron chi connectivity index (χ4n) is 1.75. The predicted octanol–water partition coefficient (Wildman–Crippen LogP) is 5.13. The maximum Gasteiger partial charge on any atom is 0.147 e.